The fourth-order valence-electron chi connectivity index (χ4n) is 3.33. The molecule has 3 nitrogen and oxygen atoms in total. The zero-order valence-corrected chi connectivity index (χ0v) is 11.6. The van der Waals surface area contributed by atoms with Crippen LogP contribution in [0.5, 0.6) is 0 Å². The summed E-state index contributed by atoms with van der Waals surface area (Å²) in [5.74, 6) is 7.39. The second-order valence-electron chi connectivity index (χ2n) is 5.46. The Balaban J connectivity index is 1.62. The van der Waals surface area contributed by atoms with E-state index in [-0.39, 0.29) is 5.91 Å². The van der Waals surface area contributed by atoms with E-state index in [0.29, 0.717) is 18.5 Å². The largest absolute Gasteiger partial charge is 0.349 e. The van der Waals surface area contributed by atoms with Crippen LogP contribution in [0.25, 0.3) is 0 Å². The summed E-state index contributed by atoms with van der Waals surface area (Å²) < 4.78 is 0. The van der Waals surface area contributed by atoms with Crippen LogP contribution in [0.15, 0.2) is 11.4 Å². The molecule has 19 heavy (non-hydrogen) atoms. The Labute approximate surface area is 117 Å². The maximum atomic E-state index is 12.2. The molecule has 1 heterocycles. The third kappa shape index (κ3) is 2.68. The molecule has 0 aliphatic heterocycles. The van der Waals surface area contributed by atoms with Crippen molar-refractivity contribution in [3.63, 3.8) is 0 Å². The van der Waals surface area contributed by atoms with Crippen molar-refractivity contribution in [1.29, 1.82) is 0 Å². The molecule has 2 aliphatic rings. The fraction of sp³-hybridized carbons (Fsp3) is 0.533. The number of thiophene rings is 1. The van der Waals surface area contributed by atoms with Gasteiger partial charge in [-0.15, -0.1) is 11.3 Å². The lowest BCUT2D eigenvalue weighted by atomic mass is 9.95. The minimum atomic E-state index is 0.0506. The first kappa shape index (κ1) is 12.7. The van der Waals surface area contributed by atoms with Crippen molar-refractivity contribution in [2.45, 2.75) is 31.7 Å². The first-order chi connectivity index (χ1) is 9.26. The molecule has 2 fully saturated rings. The molecule has 0 aromatic carbocycles. The molecular formula is C15H18N2OS. The van der Waals surface area contributed by atoms with Crippen molar-refractivity contribution in [3.05, 3.63) is 21.9 Å². The summed E-state index contributed by atoms with van der Waals surface area (Å²) >= 11 is 1.50. The van der Waals surface area contributed by atoms with E-state index in [0.717, 1.165) is 16.4 Å². The maximum Gasteiger partial charge on any atom is 0.252 e. The quantitative estimate of drug-likeness (QED) is 0.810. The van der Waals surface area contributed by atoms with Gasteiger partial charge in [0.15, 0.2) is 0 Å². The number of fused-ring (bicyclic) bond motifs is 2. The van der Waals surface area contributed by atoms with E-state index in [1.807, 2.05) is 11.4 Å². The Morgan fingerprint density at radius 1 is 1.47 bits per heavy atom. The molecule has 100 valence electrons. The van der Waals surface area contributed by atoms with Gasteiger partial charge in [0, 0.05) is 11.4 Å². The third-order valence-electron chi connectivity index (χ3n) is 4.23. The van der Waals surface area contributed by atoms with Crippen LogP contribution in [0.3, 0.4) is 0 Å². The van der Waals surface area contributed by atoms with Gasteiger partial charge in [-0.25, -0.2) is 0 Å². The van der Waals surface area contributed by atoms with E-state index in [1.54, 1.807) is 0 Å². The highest BCUT2D eigenvalue weighted by Crippen LogP contribution is 2.44. The lowest BCUT2D eigenvalue weighted by Crippen LogP contribution is -2.38. The van der Waals surface area contributed by atoms with E-state index < -0.39 is 0 Å². The van der Waals surface area contributed by atoms with Crippen LogP contribution in [0.4, 0.5) is 0 Å². The first-order valence-corrected chi connectivity index (χ1v) is 7.72. The molecular weight excluding hydrogens is 256 g/mol. The zero-order valence-electron chi connectivity index (χ0n) is 10.8. The summed E-state index contributed by atoms with van der Waals surface area (Å²) in [6.45, 7) is 0.352. The molecule has 1 aromatic rings. The van der Waals surface area contributed by atoms with E-state index >= 15 is 0 Å². The van der Waals surface area contributed by atoms with Gasteiger partial charge < -0.3 is 11.1 Å². The summed E-state index contributed by atoms with van der Waals surface area (Å²) in [6, 6.07) is 2.25. The van der Waals surface area contributed by atoms with Gasteiger partial charge in [-0.1, -0.05) is 18.3 Å². The van der Waals surface area contributed by atoms with Gasteiger partial charge in [-0.05, 0) is 37.2 Å². The molecule has 0 spiro atoms. The van der Waals surface area contributed by atoms with Gasteiger partial charge in [-0.3, -0.25) is 4.79 Å². The monoisotopic (exact) mass is 274 g/mol. The molecule has 3 unspecified atom stereocenters. The van der Waals surface area contributed by atoms with Crippen LogP contribution >= 0.6 is 11.3 Å². The Hall–Kier alpha value is -1.31. The summed E-state index contributed by atoms with van der Waals surface area (Å²) in [5, 5.41) is 5.07. The van der Waals surface area contributed by atoms with Crippen molar-refractivity contribution >= 4 is 17.2 Å². The minimum Gasteiger partial charge on any atom is -0.349 e. The van der Waals surface area contributed by atoms with Gasteiger partial charge >= 0.3 is 0 Å². The highest BCUT2D eigenvalue weighted by molar-refractivity contribution is 7.10. The zero-order chi connectivity index (χ0) is 13.2. The summed E-state index contributed by atoms with van der Waals surface area (Å²) in [6.07, 6.45) is 5.11. The molecule has 2 saturated carbocycles. The number of carbonyl (C=O) groups is 1. The average Bonchev–Trinajstić information content (AvgIpc) is 3.12. The summed E-state index contributed by atoms with van der Waals surface area (Å²) in [5.41, 5.74) is 6.07. The van der Waals surface area contributed by atoms with Crippen LogP contribution in [0, 0.1) is 23.7 Å². The Morgan fingerprint density at radius 3 is 3.05 bits per heavy atom. The number of hydrogen-bond acceptors (Lipinski definition) is 3. The number of hydrogen-bond donors (Lipinski definition) is 2. The summed E-state index contributed by atoms with van der Waals surface area (Å²) in [7, 11) is 0. The third-order valence-corrected chi connectivity index (χ3v) is 5.08. The number of nitrogens with two attached hydrogens (primary N) is 1. The molecule has 4 heteroatoms. The lowest BCUT2D eigenvalue weighted by Gasteiger charge is -2.22. The maximum absolute atomic E-state index is 12.2. The lowest BCUT2D eigenvalue weighted by molar-refractivity contribution is 0.0923. The van der Waals surface area contributed by atoms with Gasteiger partial charge in [0.05, 0.1) is 17.0 Å². The molecule has 0 radical (unpaired) electrons. The van der Waals surface area contributed by atoms with E-state index in [1.165, 1.54) is 37.0 Å². The predicted octanol–water partition coefficient (Wildman–Crippen LogP) is 1.98. The second-order valence-corrected chi connectivity index (χ2v) is 6.37. The van der Waals surface area contributed by atoms with Crippen LogP contribution in [-0.4, -0.2) is 18.5 Å². The van der Waals surface area contributed by atoms with E-state index in [2.05, 4.69) is 17.2 Å². The number of rotatable bonds is 2. The van der Waals surface area contributed by atoms with Gasteiger partial charge in [0.25, 0.3) is 5.91 Å². The van der Waals surface area contributed by atoms with Crippen LogP contribution < -0.4 is 11.1 Å². The Kier molecular flexibility index (Phi) is 3.58. The molecule has 0 saturated heterocycles. The van der Waals surface area contributed by atoms with Crippen molar-refractivity contribution in [2.24, 2.45) is 17.6 Å². The average molecular weight is 274 g/mol. The van der Waals surface area contributed by atoms with Crippen LogP contribution in [0.2, 0.25) is 0 Å². The summed E-state index contributed by atoms with van der Waals surface area (Å²) in [4.78, 5) is 13.1. The molecule has 1 aromatic heterocycles. The molecule has 2 aliphatic carbocycles. The molecule has 3 atom stereocenters. The molecule has 3 N–H and O–H groups in total. The van der Waals surface area contributed by atoms with E-state index in [9.17, 15) is 4.79 Å². The van der Waals surface area contributed by atoms with Crippen LogP contribution in [0.1, 0.15) is 40.9 Å². The van der Waals surface area contributed by atoms with Gasteiger partial charge in [0.2, 0.25) is 0 Å². The molecule has 2 bridgehead atoms. The van der Waals surface area contributed by atoms with Crippen molar-refractivity contribution in [3.8, 4) is 11.8 Å². The minimum absolute atomic E-state index is 0.0506. The fourth-order valence-corrected chi connectivity index (χ4v) is 4.09. The van der Waals surface area contributed by atoms with Gasteiger partial charge in [0.1, 0.15) is 0 Å². The van der Waals surface area contributed by atoms with Crippen LogP contribution in [-0.2, 0) is 0 Å². The predicted molar refractivity (Wildman–Crippen MR) is 77.0 cm³/mol. The Morgan fingerprint density at radius 2 is 2.37 bits per heavy atom. The number of nitrogens with one attached hydrogen (secondary N) is 1. The van der Waals surface area contributed by atoms with Crippen molar-refractivity contribution < 1.29 is 4.79 Å². The van der Waals surface area contributed by atoms with Gasteiger partial charge in [-0.2, -0.15) is 0 Å². The van der Waals surface area contributed by atoms with E-state index in [4.69, 9.17) is 5.73 Å². The highest BCUT2D eigenvalue weighted by Gasteiger charge is 2.40. The number of amides is 1. The smallest absolute Gasteiger partial charge is 0.252 e. The van der Waals surface area contributed by atoms with Crippen molar-refractivity contribution in [2.75, 3.05) is 6.54 Å². The second kappa shape index (κ2) is 5.36. The SMILES string of the molecule is NCC#Cc1cc(C(=O)NC2CC3CCC2C3)cs1. The topological polar surface area (TPSA) is 55.1 Å². The standard InChI is InChI=1S/C15H18N2OS/c16-5-1-2-13-8-12(9-19-13)15(18)17-14-7-10-3-4-11(14)6-10/h8-11,14H,3-7,16H2,(H,17,18). The normalized spacial score (nSPS) is 27.9. The molecule has 1 amide bonds. The molecule has 3 rings (SSSR count). The highest BCUT2D eigenvalue weighted by atomic mass is 32.1. The number of carbonyl (C=O) groups excluding carboxylic acids is 1. The van der Waals surface area contributed by atoms with Crippen molar-refractivity contribution in [1.82, 2.24) is 5.32 Å². The first-order valence-electron chi connectivity index (χ1n) is 6.84. The Bertz CT molecular complexity index is 540.